The predicted octanol–water partition coefficient (Wildman–Crippen LogP) is 3.46. The van der Waals surface area contributed by atoms with Gasteiger partial charge in [0.05, 0.1) is 19.9 Å². The Morgan fingerprint density at radius 2 is 1.35 bits per heavy atom. The first kappa shape index (κ1) is 21.9. The lowest BCUT2D eigenvalue weighted by atomic mass is 10.1. The van der Waals surface area contributed by atoms with Gasteiger partial charge in [-0.1, -0.05) is 0 Å². The summed E-state index contributed by atoms with van der Waals surface area (Å²) in [6.07, 6.45) is 0. The summed E-state index contributed by atoms with van der Waals surface area (Å²) in [6, 6.07) is 11.9. The third-order valence-electron chi connectivity index (χ3n) is 6.07. The average molecular weight is 460 g/mol. The maximum absolute atomic E-state index is 5.47. The van der Waals surface area contributed by atoms with E-state index in [-0.39, 0.29) is 0 Å². The fraction of sp³-hybridized carbons (Fsp3) is 0.360. The van der Waals surface area contributed by atoms with Crippen LogP contribution in [0.2, 0.25) is 0 Å². The van der Waals surface area contributed by atoms with Crippen molar-refractivity contribution in [2.24, 2.45) is 0 Å². The Bertz CT molecular complexity index is 1320. The molecule has 5 rings (SSSR count). The quantitative estimate of drug-likeness (QED) is 0.449. The monoisotopic (exact) mass is 459 g/mol. The molecule has 0 N–H and O–H groups in total. The number of hydrogen-bond donors (Lipinski definition) is 0. The molecule has 0 bridgehead atoms. The number of nitrogens with zero attached hydrogens (tertiary/aromatic N) is 7. The first-order valence-corrected chi connectivity index (χ1v) is 11.4. The van der Waals surface area contributed by atoms with Crippen molar-refractivity contribution >= 4 is 17.4 Å². The van der Waals surface area contributed by atoms with Gasteiger partial charge in [-0.25, -0.2) is 15.0 Å². The molecular weight excluding hydrogens is 430 g/mol. The van der Waals surface area contributed by atoms with Crippen LogP contribution in [0, 0.1) is 20.8 Å². The first-order chi connectivity index (χ1) is 16.4. The van der Waals surface area contributed by atoms with Crippen molar-refractivity contribution in [1.82, 2.24) is 24.6 Å². The molecule has 34 heavy (non-hydrogen) atoms. The van der Waals surface area contributed by atoms with E-state index in [1.807, 2.05) is 55.6 Å². The summed E-state index contributed by atoms with van der Waals surface area (Å²) in [7, 11) is 3.27. The average Bonchev–Trinajstić information content (AvgIpc) is 3.26. The van der Waals surface area contributed by atoms with Crippen molar-refractivity contribution in [3.63, 3.8) is 0 Å². The maximum atomic E-state index is 5.47. The Hall–Kier alpha value is -3.88. The minimum Gasteiger partial charge on any atom is -0.493 e. The number of benzene rings is 1. The van der Waals surface area contributed by atoms with Crippen molar-refractivity contribution < 1.29 is 9.47 Å². The van der Waals surface area contributed by atoms with Crippen LogP contribution in [0.4, 0.5) is 11.8 Å². The van der Waals surface area contributed by atoms with Crippen LogP contribution in [0.1, 0.15) is 17.1 Å². The Balaban J connectivity index is 1.44. The van der Waals surface area contributed by atoms with E-state index in [0.29, 0.717) is 11.5 Å². The van der Waals surface area contributed by atoms with E-state index in [0.717, 1.165) is 71.9 Å². The molecule has 0 unspecified atom stereocenters. The highest BCUT2D eigenvalue weighted by molar-refractivity contribution is 5.69. The molecule has 0 spiro atoms. The Labute approximate surface area is 199 Å². The zero-order chi connectivity index (χ0) is 23.8. The molecule has 1 fully saturated rings. The second-order valence-electron chi connectivity index (χ2n) is 8.55. The van der Waals surface area contributed by atoms with Crippen molar-refractivity contribution in [3.8, 4) is 22.8 Å². The zero-order valence-corrected chi connectivity index (χ0v) is 20.2. The third kappa shape index (κ3) is 4.09. The topological polar surface area (TPSA) is 80.9 Å². The molecule has 1 saturated heterocycles. The number of fused-ring (bicyclic) bond motifs is 1. The van der Waals surface area contributed by atoms with Crippen LogP contribution < -0.4 is 19.3 Å². The van der Waals surface area contributed by atoms with Gasteiger partial charge in [-0.3, -0.25) is 0 Å². The maximum Gasteiger partial charge on any atom is 0.225 e. The van der Waals surface area contributed by atoms with Gasteiger partial charge < -0.3 is 19.3 Å². The number of methoxy groups -OCH3 is 2. The summed E-state index contributed by atoms with van der Waals surface area (Å²) in [5, 5.41) is 4.91. The number of hydrogen-bond acceptors (Lipinski definition) is 8. The van der Waals surface area contributed by atoms with Gasteiger partial charge in [-0.05, 0) is 45.0 Å². The van der Waals surface area contributed by atoms with E-state index >= 15 is 0 Å². The van der Waals surface area contributed by atoms with E-state index in [4.69, 9.17) is 19.6 Å². The normalized spacial score (nSPS) is 14.0. The standard InChI is InChI=1S/C25H29N7O2/c1-16-12-17(2)28-25(27-16)31-10-8-30(9-11-31)24-13-18(3)26-23-15-20(29-32(23)24)19-6-7-21(33-4)22(14-19)34-5/h6-7,12-15H,8-11H2,1-5H3. The SMILES string of the molecule is COc1ccc(-c2cc3nc(C)cc(N4CCN(c5nc(C)cc(C)n5)CC4)n3n2)cc1OC. The third-order valence-corrected chi connectivity index (χ3v) is 6.07. The summed E-state index contributed by atoms with van der Waals surface area (Å²) in [6.45, 7) is 9.43. The van der Waals surface area contributed by atoms with Crippen LogP contribution in [0.15, 0.2) is 36.4 Å². The van der Waals surface area contributed by atoms with Gasteiger partial charge in [0.2, 0.25) is 5.95 Å². The molecule has 4 aromatic rings. The van der Waals surface area contributed by atoms with Crippen molar-refractivity contribution in [3.05, 3.63) is 53.5 Å². The fourth-order valence-corrected chi connectivity index (χ4v) is 4.43. The second-order valence-corrected chi connectivity index (χ2v) is 8.55. The molecule has 3 aromatic heterocycles. The highest BCUT2D eigenvalue weighted by atomic mass is 16.5. The molecule has 0 atom stereocenters. The number of aromatic nitrogens is 5. The van der Waals surface area contributed by atoms with Crippen LogP contribution in [-0.2, 0) is 0 Å². The molecule has 1 aromatic carbocycles. The van der Waals surface area contributed by atoms with Crippen LogP contribution in [0.5, 0.6) is 11.5 Å². The number of rotatable bonds is 5. The second kappa shape index (κ2) is 8.81. The lowest BCUT2D eigenvalue weighted by Crippen LogP contribution is -2.47. The molecule has 1 aliphatic heterocycles. The molecule has 0 radical (unpaired) electrons. The largest absolute Gasteiger partial charge is 0.493 e. The van der Waals surface area contributed by atoms with Gasteiger partial charge in [0, 0.05) is 61.0 Å². The summed E-state index contributed by atoms with van der Waals surface area (Å²) < 4.78 is 12.8. The van der Waals surface area contributed by atoms with Crippen LogP contribution in [0.25, 0.3) is 16.9 Å². The smallest absolute Gasteiger partial charge is 0.225 e. The molecule has 176 valence electrons. The van der Waals surface area contributed by atoms with Gasteiger partial charge in [0.25, 0.3) is 0 Å². The number of piperazine rings is 1. The summed E-state index contributed by atoms with van der Waals surface area (Å²) in [4.78, 5) is 18.6. The molecule has 0 amide bonds. The summed E-state index contributed by atoms with van der Waals surface area (Å²) >= 11 is 0. The Morgan fingerprint density at radius 3 is 2.03 bits per heavy atom. The summed E-state index contributed by atoms with van der Waals surface area (Å²) in [5.41, 5.74) is 5.55. The number of anilines is 2. The lowest BCUT2D eigenvalue weighted by molar-refractivity contribution is 0.355. The molecule has 9 nitrogen and oxygen atoms in total. The minimum absolute atomic E-state index is 0.672. The van der Waals surface area contributed by atoms with Crippen LogP contribution in [-0.4, -0.2) is 65.0 Å². The van der Waals surface area contributed by atoms with Crippen molar-refractivity contribution in [1.29, 1.82) is 0 Å². The Kier molecular flexibility index (Phi) is 5.69. The first-order valence-electron chi connectivity index (χ1n) is 11.4. The highest BCUT2D eigenvalue weighted by Crippen LogP contribution is 2.32. The molecule has 9 heteroatoms. The minimum atomic E-state index is 0.672. The van der Waals surface area contributed by atoms with Gasteiger partial charge in [0.1, 0.15) is 5.82 Å². The van der Waals surface area contributed by atoms with E-state index in [1.54, 1.807) is 14.2 Å². The van der Waals surface area contributed by atoms with E-state index < -0.39 is 0 Å². The van der Waals surface area contributed by atoms with Crippen LogP contribution in [0.3, 0.4) is 0 Å². The molecular formula is C25H29N7O2. The lowest BCUT2D eigenvalue weighted by Gasteiger charge is -2.36. The van der Waals surface area contributed by atoms with Crippen molar-refractivity contribution in [2.75, 3.05) is 50.2 Å². The molecule has 0 saturated carbocycles. The molecule has 1 aliphatic rings. The van der Waals surface area contributed by atoms with Crippen LogP contribution >= 0.6 is 0 Å². The molecule has 0 aliphatic carbocycles. The van der Waals surface area contributed by atoms with Crippen molar-refractivity contribution in [2.45, 2.75) is 20.8 Å². The number of ether oxygens (including phenoxy) is 2. The van der Waals surface area contributed by atoms with E-state index in [2.05, 4.69) is 25.8 Å². The Morgan fingerprint density at radius 1 is 0.706 bits per heavy atom. The fourth-order valence-electron chi connectivity index (χ4n) is 4.43. The van der Waals surface area contributed by atoms with Gasteiger partial charge in [-0.2, -0.15) is 9.61 Å². The van der Waals surface area contributed by atoms with Gasteiger partial charge in [-0.15, -0.1) is 0 Å². The highest BCUT2D eigenvalue weighted by Gasteiger charge is 2.23. The van der Waals surface area contributed by atoms with Gasteiger partial charge >= 0.3 is 0 Å². The van der Waals surface area contributed by atoms with E-state index in [9.17, 15) is 0 Å². The number of aryl methyl sites for hydroxylation is 3. The summed E-state index contributed by atoms with van der Waals surface area (Å²) in [5.74, 6) is 3.21. The van der Waals surface area contributed by atoms with Gasteiger partial charge in [0.15, 0.2) is 17.1 Å². The predicted molar refractivity (Wildman–Crippen MR) is 132 cm³/mol. The molecule has 4 heterocycles. The van der Waals surface area contributed by atoms with E-state index in [1.165, 1.54) is 0 Å². The zero-order valence-electron chi connectivity index (χ0n) is 20.2.